The van der Waals surface area contributed by atoms with Gasteiger partial charge in [-0.2, -0.15) is 0 Å². The third-order valence-electron chi connectivity index (χ3n) is 5.40. The van der Waals surface area contributed by atoms with E-state index in [4.69, 9.17) is 0 Å². The number of aryl methyl sites for hydroxylation is 2. The molecule has 0 fully saturated rings. The van der Waals surface area contributed by atoms with E-state index in [0.29, 0.717) is 0 Å². The minimum Gasteiger partial charge on any atom is -0.388 e. The van der Waals surface area contributed by atoms with E-state index in [2.05, 4.69) is 84.9 Å². The minimum atomic E-state index is -0.275. The van der Waals surface area contributed by atoms with Crippen molar-refractivity contribution < 1.29 is 5.11 Å². The Morgan fingerprint density at radius 1 is 0.852 bits per heavy atom. The van der Waals surface area contributed by atoms with Crippen LogP contribution >= 0.6 is 0 Å². The molecule has 0 heterocycles. The predicted octanol–water partition coefficient (Wildman–Crippen LogP) is 5.90. The summed E-state index contributed by atoms with van der Waals surface area (Å²) < 4.78 is 0. The third kappa shape index (κ3) is 4.56. The largest absolute Gasteiger partial charge is 0.388 e. The molecule has 1 unspecified atom stereocenters. The molecular formula is C26H26O. The Morgan fingerprint density at radius 3 is 2.41 bits per heavy atom. The van der Waals surface area contributed by atoms with Crippen molar-refractivity contribution in [1.29, 1.82) is 0 Å². The fraction of sp³-hybridized carbons (Fsp3) is 0.231. The van der Waals surface area contributed by atoms with E-state index in [0.717, 1.165) is 37.7 Å². The van der Waals surface area contributed by atoms with Crippen molar-refractivity contribution in [2.75, 3.05) is 0 Å². The molecule has 0 bridgehead atoms. The highest BCUT2D eigenvalue weighted by Crippen LogP contribution is 2.31. The molecule has 1 aliphatic carbocycles. The quantitative estimate of drug-likeness (QED) is 0.584. The van der Waals surface area contributed by atoms with Crippen molar-refractivity contribution >= 4 is 6.08 Å². The molecule has 0 aromatic heterocycles. The summed E-state index contributed by atoms with van der Waals surface area (Å²) in [6, 6.07) is 26.1. The number of benzene rings is 3. The molecule has 4 rings (SSSR count). The summed E-state index contributed by atoms with van der Waals surface area (Å²) in [6.45, 7) is 0. The molecule has 27 heavy (non-hydrogen) atoms. The van der Waals surface area contributed by atoms with Gasteiger partial charge >= 0.3 is 0 Å². The van der Waals surface area contributed by atoms with Crippen LogP contribution in [0.3, 0.4) is 0 Å². The molecule has 0 saturated carbocycles. The van der Waals surface area contributed by atoms with E-state index in [1.807, 2.05) is 0 Å². The van der Waals surface area contributed by atoms with Crippen molar-refractivity contribution in [3.05, 3.63) is 112 Å². The van der Waals surface area contributed by atoms with Crippen molar-refractivity contribution in [2.24, 2.45) is 0 Å². The Balaban J connectivity index is 1.30. The zero-order chi connectivity index (χ0) is 18.5. The molecule has 0 aliphatic heterocycles. The third-order valence-corrected chi connectivity index (χ3v) is 5.40. The van der Waals surface area contributed by atoms with Gasteiger partial charge in [0.05, 0.1) is 6.10 Å². The molecular weight excluding hydrogens is 328 g/mol. The van der Waals surface area contributed by atoms with Crippen LogP contribution in [0.2, 0.25) is 0 Å². The average Bonchev–Trinajstić information content (AvgIpc) is 3.08. The molecule has 1 aliphatic rings. The Labute approximate surface area is 162 Å². The highest BCUT2D eigenvalue weighted by Gasteiger charge is 2.19. The van der Waals surface area contributed by atoms with E-state index in [1.165, 1.54) is 27.8 Å². The van der Waals surface area contributed by atoms with E-state index >= 15 is 0 Å². The van der Waals surface area contributed by atoms with Crippen LogP contribution in [-0.4, -0.2) is 5.11 Å². The zero-order valence-corrected chi connectivity index (χ0v) is 15.6. The van der Waals surface area contributed by atoms with Gasteiger partial charge < -0.3 is 5.11 Å². The van der Waals surface area contributed by atoms with Crippen LogP contribution in [0.1, 0.15) is 52.3 Å². The van der Waals surface area contributed by atoms with Gasteiger partial charge in [0.25, 0.3) is 0 Å². The molecule has 0 radical (unpaired) electrons. The van der Waals surface area contributed by atoms with Crippen LogP contribution in [0.15, 0.2) is 78.9 Å². The lowest BCUT2D eigenvalue weighted by Crippen LogP contribution is -1.90. The first kappa shape index (κ1) is 17.8. The number of hydrogen-bond acceptors (Lipinski definition) is 1. The standard InChI is InChI=1S/C26H26O/c27-26-17-16-24-15-14-22(19-25(24)26)9-5-4-6-20-10-12-23(13-11-20)18-21-7-2-1-3-8-21/h1-3,5,7-15,19,26-27H,4,6,16-18H2/b9-5+. The number of aliphatic hydroxyl groups is 1. The molecule has 1 heteroatoms. The lowest BCUT2D eigenvalue weighted by molar-refractivity contribution is 0.180. The Hall–Kier alpha value is -2.64. The monoisotopic (exact) mass is 354 g/mol. The smallest absolute Gasteiger partial charge is 0.0796 e. The maximum Gasteiger partial charge on any atom is 0.0796 e. The van der Waals surface area contributed by atoms with Gasteiger partial charge in [-0.15, -0.1) is 0 Å². The molecule has 1 nitrogen and oxygen atoms in total. The van der Waals surface area contributed by atoms with Gasteiger partial charge in [0, 0.05) is 0 Å². The second-order valence-electron chi connectivity index (χ2n) is 7.43. The first-order chi connectivity index (χ1) is 13.3. The molecule has 136 valence electrons. The fourth-order valence-electron chi connectivity index (χ4n) is 3.83. The molecule has 0 spiro atoms. The van der Waals surface area contributed by atoms with Crippen molar-refractivity contribution in [3.63, 3.8) is 0 Å². The van der Waals surface area contributed by atoms with E-state index in [1.54, 1.807) is 0 Å². The minimum absolute atomic E-state index is 0.275. The van der Waals surface area contributed by atoms with Gasteiger partial charge in [0.2, 0.25) is 0 Å². The summed E-state index contributed by atoms with van der Waals surface area (Å²) in [7, 11) is 0. The number of aliphatic hydroxyl groups excluding tert-OH is 1. The van der Waals surface area contributed by atoms with Gasteiger partial charge in [-0.1, -0.05) is 78.9 Å². The Bertz CT molecular complexity index is 907. The van der Waals surface area contributed by atoms with Crippen molar-refractivity contribution in [1.82, 2.24) is 0 Å². The summed E-state index contributed by atoms with van der Waals surface area (Å²) in [6.07, 6.45) is 9.07. The van der Waals surface area contributed by atoms with Crippen LogP contribution in [0.25, 0.3) is 6.08 Å². The lowest BCUT2D eigenvalue weighted by atomic mass is 10.0. The number of hydrogen-bond donors (Lipinski definition) is 1. The van der Waals surface area contributed by atoms with Crippen molar-refractivity contribution in [2.45, 2.75) is 38.2 Å². The summed E-state index contributed by atoms with van der Waals surface area (Å²) in [4.78, 5) is 0. The fourth-order valence-corrected chi connectivity index (χ4v) is 3.83. The molecule has 1 atom stereocenters. The topological polar surface area (TPSA) is 20.2 Å². The van der Waals surface area contributed by atoms with E-state index < -0.39 is 0 Å². The maximum absolute atomic E-state index is 10.0. The zero-order valence-electron chi connectivity index (χ0n) is 15.6. The van der Waals surface area contributed by atoms with Gasteiger partial charge in [-0.25, -0.2) is 0 Å². The van der Waals surface area contributed by atoms with Gasteiger partial charge in [-0.3, -0.25) is 0 Å². The highest BCUT2D eigenvalue weighted by molar-refractivity contribution is 5.53. The van der Waals surface area contributed by atoms with Crippen LogP contribution in [0.4, 0.5) is 0 Å². The SMILES string of the molecule is OC1CCc2ccc(/C=C/CCc3ccc(Cc4ccccc4)cc3)cc21. The molecule has 1 N–H and O–H groups in total. The van der Waals surface area contributed by atoms with Crippen LogP contribution in [0.5, 0.6) is 0 Å². The Kier molecular flexibility index (Phi) is 5.50. The summed E-state index contributed by atoms with van der Waals surface area (Å²) >= 11 is 0. The van der Waals surface area contributed by atoms with Gasteiger partial charge in [-0.05, 0) is 71.6 Å². The summed E-state index contributed by atoms with van der Waals surface area (Å²) in [5, 5.41) is 10.0. The number of fused-ring (bicyclic) bond motifs is 1. The van der Waals surface area contributed by atoms with E-state index in [9.17, 15) is 5.11 Å². The summed E-state index contributed by atoms with van der Waals surface area (Å²) in [5.41, 5.74) is 7.69. The van der Waals surface area contributed by atoms with Crippen LogP contribution in [-0.2, 0) is 19.3 Å². The predicted molar refractivity (Wildman–Crippen MR) is 113 cm³/mol. The highest BCUT2D eigenvalue weighted by atomic mass is 16.3. The van der Waals surface area contributed by atoms with E-state index in [-0.39, 0.29) is 6.10 Å². The van der Waals surface area contributed by atoms with Gasteiger partial charge in [0.15, 0.2) is 0 Å². The van der Waals surface area contributed by atoms with Crippen LogP contribution in [0, 0.1) is 0 Å². The average molecular weight is 354 g/mol. The second kappa shape index (κ2) is 8.37. The molecule has 3 aromatic carbocycles. The van der Waals surface area contributed by atoms with Crippen molar-refractivity contribution in [3.8, 4) is 0 Å². The molecule has 0 saturated heterocycles. The summed E-state index contributed by atoms with van der Waals surface area (Å²) in [5.74, 6) is 0. The first-order valence-corrected chi connectivity index (χ1v) is 9.87. The Morgan fingerprint density at radius 2 is 1.59 bits per heavy atom. The molecule has 0 amide bonds. The first-order valence-electron chi connectivity index (χ1n) is 9.87. The number of allylic oxidation sites excluding steroid dienone is 1. The number of rotatable bonds is 6. The maximum atomic E-state index is 10.0. The molecule has 3 aromatic rings. The second-order valence-corrected chi connectivity index (χ2v) is 7.43. The van der Waals surface area contributed by atoms with Crippen LogP contribution < -0.4 is 0 Å². The van der Waals surface area contributed by atoms with Gasteiger partial charge in [0.1, 0.15) is 0 Å². The lowest BCUT2D eigenvalue weighted by Gasteiger charge is -2.05. The normalized spacial score (nSPS) is 16.0.